The number of hydrogen-bond donors (Lipinski definition) is 2. The minimum Gasteiger partial charge on any atom is -0.494 e. The third kappa shape index (κ3) is 7.13. The Bertz CT molecular complexity index is 814. The molecule has 7 heteroatoms. The predicted octanol–water partition coefficient (Wildman–Crippen LogP) is 5.54. The van der Waals surface area contributed by atoms with E-state index in [2.05, 4.69) is 33.5 Å². The van der Waals surface area contributed by atoms with Gasteiger partial charge < -0.3 is 14.8 Å². The molecule has 150 valence electrons. The van der Waals surface area contributed by atoms with E-state index in [9.17, 15) is 4.79 Å². The van der Waals surface area contributed by atoms with Gasteiger partial charge in [0.15, 0.2) is 5.11 Å². The summed E-state index contributed by atoms with van der Waals surface area (Å²) >= 11 is 8.69. The summed E-state index contributed by atoms with van der Waals surface area (Å²) in [7, 11) is 0. The Morgan fingerprint density at radius 3 is 2.61 bits per heavy atom. The van der Waals surface area contributed by atoms with Gasteiger partial charge in [-0.3, -0.25) is 10.1 Å². The molecule has 0 aliphatic rings. The second-order valence-electron chi connectivity index (χ2n) is 6.13. The van der Waals surface area contributed by atoms with Gasteiger partial charge in [-0.15, -0.1) is 0 Å². The molecule has 0 saturated heterocycles. The molecule has 0 fully saturated rings. The topological polar surface area (TPSA) is 59.6 Å². The quantitative estimate of drug-likeness (QED) is 0.376. The normalized spacial score (nSPS) is 10.2. The minimum absolute atomic E-state index is 0.221. The Morgan fingerprint density at radius 2 is 1.89 bits per heavy atom. The van der Waals surface area contributed by atoms with Crippen LogP contribution in [-0.2, 0) is 0 Å². The van der Waals surface area contributed by atoms with Gasteiger partial charge >= 0.3 is 0 Å². The van der Waals surface area contributed by atoms with Gasteiger partial charge in [0.25, 0.3) is 5.91 Å². The summed E-state index contributed by atoms with van der Waals surface area (Å²) in [5, 5.41) is 5.92. The maximum Gasteiger partial charge on any atom is 0.257 e. The average Bonchev–Trinajstić information content (AvgIpc) is 2.67. The van der Waals surface area contributed by atoms with E-state index in [-0.39, 0.29) is 11.0 Å². The highest BCUT2D eigenvalue weighted by Crippen LogP contribution is 2.26. The molecule has 2 aromatic rings. The van der Waals surface area contributed by atoms with E-state index in [0.717, 1.165) is 35.2 Å². The highest BCUT2D eigenvalue weighted by atomic mass is 79.9. The molecule has 2 N–H and O–H groups in total. The Kier molecular flexibility index (Phi) is 9.23. The maximum atomic E-state index is 12.4. The van der Waals surface area contributed by atoms with E-state index >= 15 is 0 Å². The molecular weight excluding hydrogens is 440 g/mol. The molecule has 0 aromatic heterocycles. The summed E-state index contributed by atoms with van der Waals surface area (Å²) in [6, 6.07) is 12.7. The lowest BCUT2D eigenvalue weighted by Gasteiger charge is -2.12. The van der Waals surface area contributed by atoms with Crippen LogP contribution in [0.3, 0.4) is 0 Å². The average molecular weight is 465 g/mol. The summed E-state index contributed by atoms with van der Waals surface area (Å²) in [5.41, 5.74) is 1.24. The van der Waals surface area contributed by atoms with Crippen molar-refractivity contribution in [2.45, 2.75) is 33.1 Å². The highest BCUT2D eigenvalue weighted by Gasteiger charge is 2.11. The van der Waals surface area contributed by atoms with Gasteiger partial charge in [-0.2, -0.15) is 0 Å². The number of benzene rings is 2. The summed E-state index contributed by atoms with van der Waals surface area (Å²) in [4.78, 5) is 12.4. The molecule has 5 nitrogen and oxygen atoms in total. The van der Waals surface area contributed by atoms with E-state index in [1.807, 2.05) is 31.2 Å². The third-order valence-corrected chi connectivity index (χ3v) is 4.57. The second kappa shape index (κ2) is 11.7. The van der Waals surface area contributed by atoms with Crippen LogP contribution in [0.15, 0.2) is 46.9 Å². The Morgan fingerprint density at radius 1 is 1.07 bits per heavy atom. The monoisotopic (exact) mass is 464 g/mol. The lowest BCUT2D eigenvalue weighted by Crippen LogP contribution is -2.34. The lowest BCUT2D eigenvalue weighted by molar-refractivity contribution is 0.0977. The van der Waals surface area contributed by atoms with E-state index in [1.54, 1.807) is 18.2 Å². The lowest BCUT2D eigenvalue weighted by atomic mass is 10.2. The van der Waals surface area contributed by atoms with Crippen LogP contribution in [0.5, 0.6) is 11.5 Å². The number of thiocarbonyl (C=S) groups is 1. The first-order valence-electron chi connectivity index (χ1n) is 9.31. The number of amides is 1. The maximum absolute atomic E-state index is 12.4. The molecule has 2 aromatic carbocycles. The van der Waals surface area contributed by atoms with Crippen molar-refractivity contribution in [3.8, 4) is 11.5 Å². The third-order valence-electron chi connectivity index (χ3n) is 3.74. The predicted molar refractivity (Wildman–Crippen MR) is 120 cm³/mol. The molecule has 28 heavy (non-hydrogen) atoms. The number of carbonyl (C=O) groups is 1. The van der Waals surface area contributed by atoms with Gasteiger partial charge in [-0.05, 0) is 71.3 Å². The van der Waals surface area contributed by atoms with Crippen molar-refractivity contribution in [1.82, 2.24) is 5.32 Å². The van der Waals surface area contributed by atoms with Crippen LogP contribution >= 0.6 is 28.1 Å². The summed E-state index contributed by atoms with van der Waals surface area (Å²) < 4.78 is 12.0. The van der Waals surface area contributed by atoms with Gasteiger partial charge in [0.05, 0.1) is 17.7 Å². The molecule has 2 rings (SSSR count). The zero-order chi connectivity index (χ0) is 20.4. The fourth-order valence-electron chi connectivity index (χ4n) is 2.31. The molecule has 0 aliphatic heterocycles. The van der Waals surface area contributed by atoms with Crippen molar-refractivity contribution in [1.29, 1.82) is 0 Å². The number of nitrogens with one attached hydrogen (secondary N) is 2. The molecule has 0 radical (unpaired) electrons. The van der Waals surface area contributed by atoms with Gasteiger partial charge in [-0.1, -0.05) is 26.3 Å². The van der Waals surface area contributed by atoms with Crippen molar-refractivity contribution in [3.05, 3.63) is 52.5 Å². The summed E-state index contributed by atoms with van der Waals surface area (Å²) in [6.07, 6.45) is 3.00. The second-order valence-corrected chi connectivity index (χ2v) is 7.39. The highest BCUT2D eigenvalue weighted by molar-refractivity contribution is 9.10. The smallest absolute Gasteiger partial charge is 0.257 e. The largest absolute Gasteiger partial charge is 0.494 e. The van der Waals surface area contributed by atoms with Crippen molar-refractivity contribution in [2.24, 2.45) is 0 Å². The Hall–Kier alpha value is -2.12. The van der Waals surface area contributed by atoms with Crippen LogP contribution in [-0.4, -0.2) is 24.2 Å². The van der Waals surface area contributed by atoms with Crippen LogP contribution in [0.25, 0.3) is 0 Å². The zero-order valence-corrected chi connectivity index (χ0v) is 18.5. The molecule has 1 amide bonds. The fourth-order valence-corrected chi connectivity index (χ4v) is 3.01. The van der Waals surface area contributed by atoms with E-state index < -0.39 is 0 Å². The van der Waals surface area contributed by atoms with Crippen molar-refractivity contribution in [2.75, 3.05) is 18.5 Å². The molecule has 0 unspecified atom stereocenters. The summed E-state index contributed by atoms with van der Waals surface area (Å²) in [5.74, 6) is 1.17. The Balaban J connectivity index is 1.93. The molecule has 0 bridgehead atoms. The van der Waals surface area contributed by atoms with Gasteiger partial charge in [0.1, 0.15) is 11.5 Å². The zero-order valence-electron chi connectivity index (χ0n) is 16.1. The Labute approximate surface area is 179 Å². The van der Waals surface area contributed by atoms with E-state index in [1.165, 1.54) is 0 Å². The fraction of sp³-hybridized carbons (Fsp3) is 0.333. The molecule has 0 heterocycles. The number of halogens is 1. The molecule has 0 spiro atoms. The first-order chi connectivity index (χ1) is 13.5. The van der Waals surface area contributed by atoms with Crippen LogP contribution < -0.4 is 20.1 Å². The number of carbonyl (C=O) groups excluding carboxylic acids is 1. The molecule has 0 aliphatic carbocycles. The number of hydrogen-bond acceptors (Lipinski definition) is 4. The summed E-state index contributed by atoms with van der Waals surface area (Å²) in [6.45, 7) is 5.46. The first-order valence-corrected chi connectivity index (χ1v) is 10.5. The molecular formula is C21H25BrN2O3S. The van der Waals surface area contributed by atoms with Crippen LogP contribution in [0.4, 0.5) is 5.69 Å². The van der Waals surface area contributed by atoms with E-state index in [0.29, 0.717) is 24.5 Å². The number of unbranched alkanes of at least 4 members (excludes halogenated alkanes) is 1. The van der Waals surface area contributed by atoms with Crippen molar-refractivity contribution < 1.29 is 14.3 Å². The van der Waals surface area contributed by atoms with Gasteiger partial charge in [0.2, 0.25) is 0 Å². The van der Waals surface area contributed by atoms with Crippen molar-refractivity contribution in [3.63, 3.8) is 0 Å². The van der Waals surface area contributed by atoms with Crippen LogP contribution in [0.1, 0.15) is 43.5 Å². The van der Waals surface area contributed by atoms with E-state index in [4.69, 9.17) is 21.7 Å². The minimum atomic E-state index is -0.296. The number of anilines is 1. The van der Waals surface area contributed by atoms with Gasteiger partial charge in [0, 0.05) is 17.3 Å². The SMILES string of the molecule is CCCCOc1cccc(NC(=S)NC(=O)c2ccc(OCCC)c(Br)c2)c1. The molecule has 0 saturated carbocycles. The number of ether oxygens (including phenoxy) is 2. The van der Waals surface area contributed by atoms with Crippen LogP contribution in [0.2, 0.25) is 0 Å². The first kappa shape index (κ1) is 22.2. The van der Waals surface area contributed by atoms with Gasteiger partial charge in [-0.25, -0.2) is 0 Å². The standard InChI is InChI=1S/C21H25BrN2O3S/c1-3-5-12-26-17-8-6-7-16(14-17)23-21(28)24-20(25)15-9-10-19(18(22)13-15)27-11-4-2/h6-10,13-14H,3-5,11-12H2,1-2H3,(H2,23,24,25,28). The van der Waals surface area contributed by atoms with Crippen molar-refractivity contribution >= 4 is 44.9 Å². The number of rotatable bonds is 9. The van der Waals surface area contributed by atoms with Crippen LogP contribution in [0, 0.1) is 0 Å². The molecule has 0 atom stereocenters.